The second kappa shape index (κ2) is 11.2. The van der Waals surface area contributed by atoms with E-state index in [0.29, 0.717) is 0 Å². The van der Waals surface area contributed by atoms with Crippen LogP contribution in [0.2, 0.25) is 0 Å². The first-order valence-corrected chi connectivity index (χ1v) is 15.1. The van der Waals surface area contributed by atoms with Gasteiger partial charge in [-0.05, 0) is 84.3 Å². The molecule has 2 aromatic heterocycles. The van der Waals surface area contributed by atoms with Gasteiger partial charge in [0.25, 0.3) is 0 Å². The Balaban J connectivity index is 0.000000155. The van der Waals surface area contributed by atoms with Gasteiger partial charge in [-0.15, -0.1) is 22.7 Å². The smallest absolute Gasteiger partial charge is 0.196 e. The zero-order chi connectivity index (χ0) is 26.8. The van der Waals surface area contributed by atoms with Crippen molar-refractivity contribution >= 4 is 63.0 Å². The van der Waals surface area contributed by atoms with Crippen LogP contribution in [-0.2, 0) is 25.7 Å². The standard InChI is InChI=1S/2C17H16OS/c1-3-11-9-12(4-2)17-14(10-11)16(18)13-7-5-6-8-15(13)19-17;1-3-11-9-10-15-16(12(11)4-2)17(18)13-7-5-6-8-14(13)19-15/h2*5-10H,3-4H2,1-2H3. The third-order valence-corrected chi connectivity index (χ3v) is 9.69. The summed E-state index contributed by atoms with van der Waals surface area (Å²) < 4.78 is 4.42. The average molecular weight is 537 g/mol. The lowest BCUT2D eigenvalue weighted by molar-refractivity contribution is 1.05. The van der Waals surface area contributed by atoms with Gasteiger partial charge in [-0.25, -0.2) is 0 Å². The molecule has 0 amide bonds. The summed E-state index contributed by atoms with van der Waals surface area (Å²) in [6.45, 7) is 8.57. The number of aryl methyl sites for hydroxylation is 4. The van der Waals surface area contributed by atoms with Crippen LogP contribution in [0.25, 0.3) is 40.3 Å². The molecular weight excluding hydrogens is 505 g/mol. The molecule has 0 spiro atoms. The molecule has 0 bridgehead atoms. The SMILES string of the molecule is CCc1cc(CC)c2sc3ccccc3c(=O)c2c1.CCc1ccc2sc3ccccc3c(=O)c2c1CC. The largest absolute Gasteiger partial charge is 0.289 e. The zero-order valence-corrected chi connectivity index (χ0v) is 24.0. The molecule has 0 unspecified atom stereocenters. The van der Waals surface area contributed by atoms with E-state index in [2.05, 4.69) is 52.0 Å². The van der Waals surface area contributed by atoms with E-state index < -0.39 is 0 Å². The predicted octanol–water partition coefficient (Wildman–Crippen LogP) is 9.08. The molecule has 0 saturated heterocycles. The van der Waals surface area contributed by atoms with Gasteiger partial charge in [0.05, 0.1) is 0 Å². The Morgan fingerprint density at radius 3 is 1.82 bits per heavy atom. The van der Waals surface area contributed by atoms with Crippen molar-refractivity contribution in [1.82, 2.24) is 0 Å². The third kappa shape index (κ3) is 4.68. The van der Waals surface area contributed by atoms with Crippen molar-refractivity contribution in [3.05, 3.63) is 115 Å². The van der Waals surface area contributed by atoms with Crippen LogP contribution >= 0.6 is 22.7 Å². The summed E-state index contributed by atoms with van der Waals surface area (Å²) in [5.41, 5.74) is 5.44. The van der Waals surface area contributed by atoms with E-state index in [1.54, 1.807) is 22.7 Å². The molecule has 2 nitrogen and oxygen atoms in total. The molecule has 2 heterocycles. The quantitative estimate of drug-likeness (QED) is 0.211. The van der Waals surface area contributed by atoms with Gasteiger partial charge in [-0.1, -0.05) is 64.1 Å². The average Bonchev–Trinajstić information content (AvgIpc) is 2.96. The predicted molar refractivity (Wildman–Crippen MR) is 169 cm³/mol. The first-order chi connectivity index (χ1) is 18.5. The summed E-state index contributed by atoms with van der Waals surface area (Å²) in [7, 11) is 0. The molecule has 0 radical (unpaired) electrons. The summed E-state index contributed by atoms with van der Waals surface area (Å²) in [5.74, 6) is 0. The van der Waals surface area contributed by atoms with Crippen LogP contribution in [0.1, 0.15) is 49.9 Å². The maximum absolute atomic E-state index is 12.7. The van der Waals surface area contributed by atoms with E-state index in [4.69, 9.17) is 0 Å². The number of hydrogen-bond acceptors (Lipinski definition) is 4. The lowest BCUT2D eigenvalue weighted by atomic mass is 9.98. The second-order valence-electron chi connectivity index (χ2n) is 9.48. The fourth-order valence-electron chi connectivity index (χ4n) is 5.24. The minimum absolute atomic E-state index is 0.175. The van der Waals surface area contributed by atoms with Crippen LogP contribution in [0.3, 0.4) is 0 Å². The van der Waals surface area contributed by atoms with Crippen molar-refractivity contribution in [2.24, 2.45) is 0 Å². The van der Waals surface area contributed by atoms with Crippen LogP contribution < -0.4 is 10.9 Å². The van der Waals surface area contributed by atoms with E-state index in [1.165, 1.54) is 22.3 Å². The highest BCUT2D eigenvalue weighted by Crippen LogP contribution is 2.30. The van der Waals surface area contributed by atoms with Crippen molar-refractivity contribution in [1.29, 1.82) is 0 Å². The van der Waals surface area contributed by atoms with Gasteiger partial charge < -0.3 is 0 Å². The molecule has 6 aromatic rings. The second-order valence-corrected chi connectivity index (χ2v) is 11.6. The molecular formula is C34H32O2S2. The Labute approximate surface area is 231 Å². The fourth-order valence-corrected chi connectivity index (χ4v) is 7.59. The summed E-state index contributed by atoms with van der Waals surface area (Å²) in [4.78, 5) is 25.4. The van der Waals surface area contributed by atoms with Crippen LogP contribution in [-0.4, -0.2) is 0 Å². The minimum atomic E-state index is 0.175. The third-order valence-electron chi connectivity index (χ3n) is 7.29. The van der Waals surface area contributed by atoms with Gasteiger partial charge in [0, 0.05) is 40.3 Å². The molecule has 4 heteroatoms. The van der Waals surface area contributed by atoms with Crippen molar-refractivity contribution in [3.8, 4) is 0 Å². The first kappa shape index (κ1) is 26.3. The molecule has 0 aliphatic heterocycles. The summed E-state index contributed by atoms with van der Waals surface area (Å²) in [5, 5.41) is 3.52. The topological polar surface area (TPSA) is 34.1 Å². The highest BCUT2D eigenvalue weighted by molar-refractivity contribution is 7.25. The van der Waals surface area contributed by atoms with Crippen molar-refractivity contribution in [2.75, 3.05) is 0 Å². The number of fused-ring (bicyclic) bond motifs is 4. The summed E-state index contributed by atoms with van der Waals surface area (Å²) in [6, 6.07) is 24.4. The molecule has 6 rings (SSSR count). The maximum atomic E-state index is 12.7. The van der Waals surface area contributed by atoms with Crippen molar-refractivity contribution in [2.45, 2.75) is 53.4 Å². The van der Waals surface area contributed by atoms with Crippen LogP contribution in [0.5, 0.6) is 0 Å². The van der Waals surface area contributed by atoms with E-state index in [0.717, 1.165) is 66.0 Å². The number of benzene rings is 4. The first-order valence-electron chi connectivity index (χ1n) is 13.4. The number of rotatable bonds is 4. The van der Waals surface area contributed by atoms with Gasteiger partial charge in [0.1, 0.15) is 0 Å². The maximum Gasteiger partial charge on any atom is 0.196 e. The lowest BCUT2D eigenvalue weighted by Gasteiger charge is -2.10. The molecule has 0 atom stereocenters. The zero-order valence-electron chi connectivity index (χ0n) is 22.4. The number of hydrogen-bond donors (Lipinski definition) is 0. The Bertz CT molecular complexity index is 1910. The van der Waals surface area contributed by atoms with Crippen molar-refractivity contribution < 1.29 is 0 Å². The molecule has 0 fully saturated rings. The van der Waals surface area contributed by atoms with Gasteiger partial charge in [0.2, 0.25) is 0 Å². The molecule has 192 valence electrons. The van der Waals surface area contributed by atoms with Gasteiger partial charge in [0.15, 0.2) is 10.9 Å². The van der Waals surface area contributed by atoms with Gasteiger partial charge >= 0.3 is 0 Å². The van der Waals surface area contributed by atoms with E-state index in [1.807, 2.05) is 48.5 Å². The molecule has 0 N–H and O–H groups in total. The van der Waals surface area contributed by atoms with Crippen LogP contribution in [0, 0.1) is 0 Å². The van der Waals surface area contributed by atoms with E-state index in [-0.39, 0.29) is 10.9 Å². The molecule has 0 saturated carbocycles. The fraction of sp³-hybridized carbons (Fsp3) is 0.235. The van der Waals surface area contributed by atoms with Crippen LogP contribution in [0.15, 0.2) is 82.4 Å². The Kier molecular flexibility index (Phi) is 7.73. The highest BCUT2D eigenvalue weighted by Gasteiger charge is 2.12. The lowest BCUT2D eigenvalue weighted by Crippen LogP contribution is -2.06. The Morgan fingerprint density at radius 1 is 0.553 bits per heavy atom. The van der Waals surface area contributed by atoms with E-state index >= 15 is 0 Å². The molecule has 38 heavy (non-hydrogen) atoms. The normalized spacial score (nSPS) is 11.3. The van der Waals surface area contributed by atoms with E-state index in [9.17, 15) is 9.59 Å². The minimum Gasteiger partial charge on any atom is -0.289 e. The van der Waals surface area contributed by atoms with Gasteiger partial charge in [-0.3, -0.25) is 9.59 Å². The van der Waals surface area contributed by atoms with Crippen molar-refractivity contribution in [3.63, 3.8) is 0 Å². The summed E-state index contributed by atoms with van der Waals surface area (Å²) in [6.07, 6.45) is 3.84. The molecule has 4 aromatic carbocycles. The molecule has 0 aliphatic rings. The van der Waals surface area contributed by atoms with Crippen LogP contribution in [0.4, 0.5) is 0 Å². The highest BCUT2D eigenvalue weighted by atomic mass is 32.1. The molecule has 0 aliphatic carbocycles. The van der Waals surface area contributed by atoms with Gasteiger partial charge in [-0.2, -0.15) is 0 Å². The monoisotopic (exact) mass is 536 g/mol. The summed E-state index contributed by atoms with van der Waals surface area (Å²) >= 11 is 3.45. The Morgan fingerprint density at radius 2 is 1.18 bits per heavy atom. The Hall–Kier alpha value is -3.34.